The minimum Gasteiger partial charge on any atom is -0.497 e. The molecule has 0 fully saturated rings. The number of hydrogen-bond donors (Lipinski definition) is 1. The molecule has 0 bridgehead atoms. The molecular formula is C13H22BNO. The molecule has 0 aliphatic rings. The first-order valence-corrected chi connectivity index (χ1v) is 5.61. The number of rotatable bonds is 3. The van der Waals surface area contributed by atoms with E-state index in [1.165, 1.54) is 0 Å². The summed E-state index contributed by atoms with van der Waals surface area (Å²) in [5.74, 6) is 0.837. The zero-order valence-corrected chi connectivity index (χ0v) is 10.9. The van der Waals surface area contributed by atoms with Crippen LogP contribution in [-0.2, 0) is 0 Å². The first-order chi connectivity index (χ1) is 7.45. The Kier molecular flexibility index (Phi) is 7.74. The monoisotopic (exact) mass is 219 g/mol. The Bertz CT molecular complexity index is 264. The summed E-state index contributed by atoms with van der Waals surface area (Å²) in [6, 6.07) is 8.52. The average Bonchev–Trinajstić information content (AvgIpc) is 2.17. The van der Waals surface area contributed by atoms with Gasteiger partial charge < -0.3 is 10.1 Å². The second-order valence-electron chi connectivity index (χ2n) is 4.25. The normalized spacial score (nSPS) is 9.94. The average molecular weight is 219 g/mol. The van der Waals surface area contributed by atoms with E-state index < -0.39 is 0 Å². The molecule has 0 amide bonds. The first-order valence-electron chi connectivity index (χ1n) is 5.61. The van der Waals surface area contributed by atoms with Gasteiger partial charge in [-0.3, -0.25) is 0 Å². The molecule has 0 heterocycles. The van der Waals surface area contributed by atoms with Crippen LogP contribution in [0.5, 0.6) is 5.75 Å². The van der Waals surface area contributed by atoms with Crippen LogP contribution in [0.3, 0.4) is 0 Å². The summed E-state index contributed by atoms with van der Waals surface area (Å²) in [4.78, 5) is 0. The lowest BCUT2D eigenvalue weighted by molar-refractivity contribution is 0.415. The molecule has 1 aromatic rings. The molecule has 2 nitrogen and oxygen atoms in total. The minimum atomic E-state index is 0.625. The highest BCUT2D eigenvalue weighted by Crippen LogP contribution is 2.04. The molecule has 2 radical (unpaired) electrons. The van der Waals surface area contributed by atoms with Gasteiger partial charge >= 0.3 is 0 Å². The lowest BCUT2D eigenvalue weighted by Gasteiger charge is -2.10. The second-order valence-corrected chi connectivity index (χ2v) is 4.25. The predicted octanol–water partition coefficient (Wildman–Crippen LogP) is 1.88. The van der Waals surface area contributed by atoms with Gasteiger partial charge in [0.05, 0.1) is 7.11 Å². The van der Waals surface area contributed by atoms with Crippen molar-refractivity contribution in [3.05, 3.63) is 24.3 Å². The predicted molar refractivity (Wildman–Crippen MR) is 71.8 cm³/mol. The van der Waals surface area contributed by atoms with Crippen LogP contribution in [0.4, 0.5) is 0 Å². The molecule has 0 aliphatic carbocycles. The van der Waals surface area contributed by atoms with E-state index in [1.807, 2.05) is 12.1 Å². The molecule has 1 rings (SSSR count). The summed E-state index contributed by atoms with van der Waals surface area (Å²) >= 11 is 0. The van der Waals surface area contributed by atoms with Gasteiger partial charge in [-0.15, -0.1) is 0 Å². The summed E-state index contributed by atoms with van der Waals surface area (Å²) < 4.78 is 4.91. The topological polar surface area (TPSA) is 21.3 Å². The van der Waals surface area contributed by atoms with Crippen LogP contribution >= 0.6 is 0 Å². The lowest BCUT2D eigenvalue weighted by atomic mass is 9.97. The van der Waals surface area contributed by atoms with Crippen LogP contribution in [0.25, 0.3) is 0 Å². The molecule has 88 valence electrons. The fraction of sp³-hybridized carbons (Fsp3) is 0.538. The number of nitrogens with one attached hydrogen (secondary N) is 1. The third kappa shape index (κ3) is 8.36. The van der Waals surface area contributed by atoms with Gasteiger partial charge in [0, 0.05) is 12.1 Å². The van der Waals surface area contributed by atoms with Crippen LogP contribution in [0.1, 0.15) is 27.7 Å². The zero-order chi connectivity index (χ0) is 12.6. The Hall–Kier alpha value is -0.955. The maximum absolute atomic E-state index is 5.43. The molecular weight excluding hydrogens is 197 g/mol. The number of ether oxygens (including phenoxy) is 1. The van der Waals surface area contributed by atoms with Gasteiger partial charge in [-0.25, -0.2) is 0 Å². The van der Waals surface area contributed by atoms with Crippen molar-refractivity contribution in [2.45, 2.75) is 39.8 Å². The van der Waals surface area contributed by atoms with Gasteiger partial charge in [-0.1, -0.05) is 45.3 Å². The van der Waals surface area contributed by atoms with Gasteiger partial charge in [0.2, 0.25) is 0 Å². The van der Waals surface area contributed by atoms with Crippen molar-refractivity contribution in [2.24, 2.45) is 0 Å². The number of methoxy groups -OCH3 is 1. The summed E-state index contributed by atoms with van der Waals surface area (Å²) in [5.41, 5.74) is 0.760. The van der Waals surface area contributed by atoms with Crippen LogP contribution < -0.4 is 15.5 Å². The molecule has 0 atom stereocenters. The largest absolute Gasteiger partial charge is 0.497 e. The maximum Gasteiger partial charge on any atom is 0.118 e. The van der Waals surface area contributed by atoms with Crippen molar-refractivity contribution in [3.63, 3.8) is 0 Å². The van der Waals surface area contributed by atoms with E-state index in [4.69, 9.17) is 12.6 Å². The highest BCUT2D eigenvalue weighted by molar-refractivity contribution is 6.32. The van der Waals surface area contributed by atoms with Crippen LogP contribution in [0.15, 0.2) is 24.3 Å². The van der Waals surface area contributed by atoms with E-state index in [1.54, 1.807) is 19.2 Å². The minimum absolute atomic E-state index is 0.625. The standard InChI is InChI=1S/C7H7BO.C6H15N/c1-9-7-4-2-6(8)3-5-7;1-5(2)7-6(3)4/h2-5H,1H3;5-7H,1-4H3. The van der Waals surface area contributed by atoms with Crippen LogP contribution in [0.2, 0.25) is 0 Å². The van der Waals surface area contributed by atoms with Gasteiger partial charge in [0.25, 0.3) is 0 Å². The molecule has 1 N–H and O–H groups in total. The molecule has 0 saturated carbocycles. The Balaban J connectivity index is 0.000000293. The highest BCUT2D eigenvalue weighted by Gasteiger charge is 1.92. The van der Waals surface area contributed by atoms with Crippen molar-refractivity contribution in [1.82, 2.24) is 5.32 Å². The Morgan fingerprint density at radius 3 is 1.69 bits per heavy atom. The molecule has 0 aromatic heterocycles. The van der Waals surface area contributed by atoms with Crippen LogP contribution in [-0.4, -0.2) is 27.0 Å². The van der Waals surface area contributed by atoms with Crippen molar-refractivity contribution >= 4 is 13.3 Å². The van der Waals surface area contributed by atoms with E-state index in [-0.39, 0.29) is 0 Å². The summed E-state index contributed by atoms with van der Waals surface area (Å²) in [7, 11) is 7.06. The SMILES string of the molecule is CC(C)NC(C)C.[B]c1ccc(OC)cc1. The first kappa shape index (κ1) is 15.0. The molecule has 3 heteroatoms. The van der Waals surface area contributed by atoms with Gasteiger partial charge in [-0.05, 0) is 12.1 Å². The molecule has 1 aromatic carbocycles. The lowest BCUT2D eigenvalue weighted by Crippen LogP contribution is -2.29. The maximum atomic E-state index is 5.43. The van der Waals surface area contributed by atoms with Gasteiger partial charge in [-0.2, -0.15) is 0 Å². The van der Waals surface area contributed by atoms with Gasteiger partial charge in [0.1, 0.15) is 13.6 Å². The summed E-state index contributed by atoms with van der Waals surface area (Å²) in [5, 5.41) is 3.31. The molecule has 0 saturated heterocycles. The fourth-order valence-electron chi connectivity index (χ4n) is 1.27. The third-order valence-electron chi connectivity index (χ3n) is 1.78. The second kappa shape index (κ2) is 8.23. The summed E-state index contributed by atoms with van der Waals surface area (Å²) in [6.45, 7) is 8.61. The fourth-order valence-corrected chi connectivity index (χ4v) is 1.27. The van der Waals surface area contributed by atoms with Crippen LogP contribution in [0, 0.1) is 0 Å². The summed E-state index contributed by atoms with van der Waals surface area (Å²) in [6.07, 6.45) is 0. The highest BCUT2D eigenvalue weighted by atomic mass is 16.5. The smallest absolute Gasteiger partial charge is 0.118 e. The van der Waals surface area contributed by atoms with Crippen molar-refractivity contribution in [1.29, 1.82) is 0 Å². The number of hydrogen-bond acceptors (Lipinski definition) is 2. The van der Waals surface area contributed by atoms with E-state index in [9.17, 15) is 0 Å². The van der Waals surface area contributed by atoms with Crippen molar-refractivity contribution in [3.8, 4) is 5.75 Å². The van der Waals surface area contributed by atoms with E-state index in [2.05, 4.69) is 33.0 Å². The molecule has 0 spiro atoms. The Morgan fingerprint density at radius 1 is 1.00 bits per heavy atom. The van der Waals surface area contributed by atoms with E-state index in [0.29, 0.717) is 12.1 Å². The van der Waals surface area contributed by atoms with Gasteiger partial charge in [0.15, 0.2) is 0 Å². The van der Waals surface area contributed by atoms with Crippen molar-refractivity contribution in [2.75, 3.05) is 7.11 Å². The van der Waals surface area contributed by atoms with Crippen molar-refractivity contribution < 1.29 is 4.74 Å². The molecule has 16 heavy (non-hydrogen) atoms. The Morgan fingerprint density at radius 2 is 1.44 bits per heavy atom. The van der Waals surface area contributed by atoms with E-state index >= 15 is 0 Å². The van der Waals surface area contributed by atoms with E-state index in [0.717, 1.165) is 11.2 Å². The number of benzene rings is 1. The molecule has 0 aliphatic heterocycles. The third-order valence-corrected chi connectivity index (χ3v) is 1.78. The zero-order valence-electron chi connectivity index (χ0n) is 10.9. The molecule has 0 unspecified atom stereocenters. The quantitative estimate of drug-likeness (QED) is 0.783. The Labute approximate surface area is 101 Å².